The van der Waals surface area contributed by atoms with Crippen LogP contribution in [0.4, 0.5) is 5.82 Å². The molecule has 1 aromatic rings. The van der Waals surface area contributed by atoms with E-state index >= 15 is 0 Å². The summed E-state index contributed by atoms with van der Waals surface area (Å²) >= 11 is 0. The van der Waals surface area contributed by atoms with E-state index in [1.165, 1.54) is 0 Å². The predicted octanol–water partition coefficient (Wildman–Crippen LogP) is 1.25. The van der Waals surface area contributed by atoms with E-state index in [1.54, 1.807) is 38.2 Å². The first-order valence-electron chi connectivity index (χ1n) is 4.37. The van der Waals surface area contributed by atoms with Gasteiger partial charge in [-0.3, -0.25) is 9.59 Å². The molecule has 0 aliphatic heterocycles. The van der Waals surface area contributed by atoms with Gasteiger partial charge in [-0.05, 0) is 12.1 Å². The van der Waals surface area contributed by atoms with E-state index < -0.39 is 11.7 Å². The maximum Gasteiger partial charge on any atom is 0.293 e. The largest absolute Gasteiger partial charge is 0.304 e. The highest BCUT2D eigenvalue weighted by atomic mass is 16.2. The number of pyridine rings is 1. The molecule has 74 valence electrons. The van der Waals surface area contributed by atoms with Crippen molar-refractivity contribution in [3.8, 4) is 0 Å². The van der Waals surface area contributed by atoms with Crippen LogP contribution < -0.4 is 5.32 Å². The minimum Gasteiger partial charge on any atom is -0.304 e. The third-order valence-electron chi connectivity index (χ3n) is 1.65. The first-order chi connectivity index (χ1) is 6.61. The molecule has 1 amide bonds. The van der Waals surface area contributed by atoms with Crippen molar-refractivity contribution in [1.29, 1.82) is 0 Å². The number of hydrogen-bond donors (Lipinski definition) is 1. The number of Topliss-reactive ketones (excluding diaryl/α,β-unsaturated/α-hetero) is 1. The van der Waals surface area contributed by atoms with E-state index in [0.29, 0.717) is 5.82 Å². The fraction of sp³-hybridized carbons (Fsp3) is 0.300. The number of amides is 1. The molecule has 0 saturated carbocycles. The molecule has 1 rings (SSSR count). The molecule has 0 bridgehead atoms. The Morgan fingerprint density at radius 1 is 1.36 bits per heavy atom. The Morgan fingerprint density at radius 3 is 2.57 bits per heavy atom. The summed E-state index contributed by atoms with van der Waals surface area (Å²) in [6, 6.07) is 5.11. The van der Waals surface area contributed by atoms with Gasteiger partial charge in [0.1, 0.15) is 5.82 Å². The van der Waals surface area contributed by atoms with Crippen molar-refractivity contribution in [2.45, 2.75) is 13.8 Å². The number of carbonyl (C=O) groups excluding carboxylic acids is 2. The second kappa shape index (κ2) is 4.50. The molecule has 1 aromatic heterocycles. The van der Waals surface area contributed by atoms with Gasteiger partial charge >= 0.3 is 0 Å². The van der Waals surface area contributed by atoms with E-state index in [0.717, 1.165) is 0 Å². The average molecular weight is 192 g/mol. The molecule has 0 saturated heterocycles. The van der Waals surface area contributed by atoms with Gasteiger partial charge in [0, 0.05) is 12.1 Å². The minimum absolute atomic E-state index is 0.293. The minimum atomic E-state index is -0.612. The maximum absolute atomic E-state index is 11.3. The average Bonchev–Trinajstić information content (AvgIpc) is 2.18. The summed E-state index contributed by atoms with van der Waals surface area (Å²) in [7, 11) is 0. The molecule has 0 aliphatic rings. The number of nitrogens with one attached hydrogen (secondary N) is 1. The van der Waals surface area contributed by atoms with Crippen LogP contribution in [0.25, 0.3) is 0 Å². The van der Waals surface area contributed by atoms with Gasteiger partial charge in [-0.2, -0.15) is 0 Å². The highest BCUT2D eigenvalue weighted by Gasteiger charge is 2.17. The number of carbonyl (C=O) groups is 2. The zero-order valence-electron chi connectivity index (χ0n) is 8.15. The number of anilines is 1. The van der Waals surface area contributed by atoms with E-state index in [2.05, 4.69) is 10.3 Å². The van der Waals surface area contributed by atoms with Crippen molar-refractivity contribution in [3.05, 3.63) is 24.4 Å². The van der Waals surface area contributed by atoms with Gasteiger partial charge in [-0.25, -0.2) is 4.98 Å². The molecule has 0 aromatic carbocycles. The van der Waals surface area contributed by atoms with Crippen LogP contribution in [0, 0.1) is 5.92 Å². The Bertz CT molecular complexity index is 333. The fourth-order valence-corrected chi connectivity index (χ4v) is 0.877. The third kappa shape index (κ3) is 2.65. The monoisotopic (exact) mass is 192 g/mol. The number of hydrogen-bond acceptors (Lipinski definition) is 3. The maximum atomic E-state index is 11.3. The Labute approximate surface area is 82.3 Å². The summed E-state index contributed by atoms with van der Waals surface area (Å²) in [5.41, 5.74) is 0. The lowest BCUT2D eigenvalue weighted by Crippen LogP contribution is -2.27. The number of aromatic nitrogens is 1. The summed E-state index contributed by atoms with van der Waals surface area (Å²) < 4.78 is 0. The molecule has 1 heterocycles. The van der Waals surface area contributed by atoms with Gasteiger partial charge in [-0.15, -0.1) is 0 Å². The summed E-state index contributed by atoms with van der Waals surface area (Å²) in [5.74, 6) is -0.945. The number of ketones is 1. The van der Waals surface area contributed by atoms with Crippen molar-refractivity contribution in [2.24, 2.45) is 5.92 Å². The van der Waals surface area contributed by atoms with Crippen LogP contribution in [0.5, 0.6) is 0 Å². The van der Waals surface area contributed by atoms with Gasteiger partial charge < -0.3 is 5.32 Å². The van der Waals surface area contributed by atoms with Gasteiger partial charge in [-0.1, -0.05) is 19.9 Å². The molecule has 4 heteroatoms. The molecule has 0 unspecified atom stereocenters. The Hall–Kier alpha value is -1.71. The van der Waals surface area contributed by atoms with Crippen molar-refractivity contribution < 1.29 is 9.59 Å². The normalized spacial score (nSPS) is 9.93. The SMILES string of the molecule is CC(C)C(=O)C(=O)Nc1ccccn1. The first kappa shape index (κ1) is 10.4. The van der Waals surface area contributed by atoms with Crippen LogP contribution in [-0.4, -0.2) is 16.7 Å². The van der Waals surface area contributed by atoms with Crippen molar-refractivity contribution in [2.75, 3.05) is 5.32 Å². The standard InChI is InChI=1S/C10H12N2O2/c1-7(2)9(13)10(14)12-8-5-3-4-6-11-8/h3-7H,1-2H3,(H,11,12,14). The Kier molecular flexibility index (Phi) is 3.34. The van der Waals surface area contributed by atoms with Crippen LogP contribution in [0.1, 0.15) is 13.8 Å². The van der Waals surface area contributed by atoms with Crippen LogP contribution >= 0.6 is 0 Å². The van der Waals surface area contributed by atoms with Gasteiger partial charge in [0.05, 0.1) is 0 Å². The highest BCUT2D eigenvalue weighted by Crippen LogP contribution is 2.02. The molecule has 0 fully saturated rings. The van der Waals surface area contributed by atoms with Crippen LogP contribution in [0.2, 0.25) is 0 Å². The lowest BCUT2D eigenvalue weighted by Gasteiger charge is -2.04. The molecule has 0 radical (unpaired) electrons. The van der Waals surface area contributed by atoms with Crippen molar-refractivity contribution >= 4 is 17.5 Å². The van der Waals surface area contributed by atoms with Crippen molar-refractivity contribution in [3.63, 3.8) is 0 Å². The van der Waals surface area contributed by atoms with Gasteiger partial charge in [0.2, 0.25) is 5.78 Å². The first-order valence-corrected chi connectivity index (χ1v) is 4.37. The molecule has 14 heavy (non-hydrogen) atoms. The fourth-order valence-electron chi connectivity index (χ4n) is 0.877. The predicted molar refractivity (Wildman–Crippen MR) is 52.7 cm³/mol. The molecule has 0 aliphatic carbocycles. The topological polar surface area (TPSA) is 59.1 Å². The smallest absolute Gasteiger partial charge is 0.293 e. The molecular weight excluding hydrogens is 180 g/mol. The second-order valence-electron chi connectivity index (χ2n) is 3.19. The summed E-state index contributed by atoms with van der Waals surface area (Å²) in [5, 5.41) is 2.42. The third-order valence-corrected chi connectivity index (χ3v) is 1.65. The zero-order valence-corrected chi connectivity index (χ0v) is 8.15. The molecule has 0 spiro atoms. The molecule has 1 N–H and O–H groups in total. The number of rotatable bonds is 3. The molecule has 4 nitrogen and oxygen atoms in total. The van der Waals surface area contributed by atoms with Gasteiger partial charge in [0.25, 0.3) is 5.91 Å². The van der Waals surface area contributed by atoms with Gasteiger partial charge in [0.15, 0.2) is 0 Å². The van der Waals surface area contributed by atoms with E-state index in [9.17, 15) is 9.59 Å². The van der Waals surface area contributed by atoms with E-state index in [-0.39, 0.29) is 5.92 Å². The summed E-state index contributed by atoms with van der Waals surface area (Å²) in [6.07, 6.45) is 1.55. The Morgan fingerprint density at radius 2 is 2.07 bits per heavy atom. The lowest BCUT2D eigenvalue weighted by molar-refractivity contribution is -0.136. The summed E-state index contributed by atoms with van der Waals surface area (Å²) in [6.45, 7) is 3.36. The van der Waals surface area contributed by atoms with Crippen LogP contribution in [0.3, 0.4) is 0 Å². The Balaban J connectivity index is 2.63. The molecule has 0 atom stereocenters. The quantitative estimate of drug-likeness (QED) is 0.733. The second-order valence-corrected chi connectivity index (χ2v) is 3.19. The van der Waals surface area contributed by atoms with E-state index in [4.69, 9.17) is 0 Å². The summed E-state index contributed by atoms with van der Waals surface area (Å²) in [4.78, 5) is 26.3. The zero-order chi connectivity index (χ0) is 10.6. The van der Waals surface area contributed by atoms with E-state index in [1.807, 2.05) is 0 Å². The van der Waals surface area contributed by atoms with Crippen molar-refractivity contribution in [1.82, 2.24) is 4.98 Å². The number of nitrogens with zero attached hydrogens (tertiary/aromatic N) is 1. The lowest BCUT2D eigenvalue weighted by atomic mass is 10.1. The van der Waals surface area contributed by atoms with Crippen LogP contribution in [0.15, 0.2) is 24.4 Å². The molecular formula is C10H12N2O2. The van der Waals surface area contributed by atoms with Crippen LogP contribution in [-0.2, 0) is 9.59 Å². The highest BCUT2D eigenvalue weighted by molar-refractivity contribution is 6.41.